The molecular weight excluding hydrogens is 455 g/mol. The lowest BCUT2D eigenvalue weighted by Gasteiger charge is -2.48. The van der Waals surface area contributed by atoms with Gasteiger partial charge in [0.2, 0.25) is 0 Å². The fraction of sp³-hybridized carbons (Fsp3) is 0.385. The van der Waals surface area contributed by atoms with Crippen molar-refractivity contribution in [3.05, 3.63) is 76.4 Å². The Kier molecular flexibility index (Phi) is 5.16. The minimum Gasteiger partial charge on any atom is -0.362 e. The quantitative estimate of drug-likeness (QED) is 0.610. The highest BCUT2D eigenvalue weighted by molar-refractivity contribution is 6.00. The highest BCUT2D eigenvalue weighted by Crippen LogP contribution is 2.55. The summed E-state index contributed by atoms with van der Waals surface area (Å²) in [6, 6.07) is 9.28. The zero-order valence-electron chi connectivity index (χ0n) is 19.9. The lowest BCUT2D eigenvalue weighted by atomic mass is 9.61. The summed E-state index contributed by atoms with van der Waals surface area (Å²) in [5.41, 5.74) is 1.27. The maximum atomic E-state index is 14.2. The number of fused-ring (bicyclic) bond motifs is 1. The second-order valence-electron chi connectivity index (χ2n) is 9.92. The van der Waals surface area contributed by atoms with E-state index in [2.05, 4.69) is 25.8 Å². The molecule has 4 heterocycles. The fourth-order valence-corrected chi connectivity index (χ4v) is 5.68. The van der Waals surface area contributed by atoms with Gasteiger partial charge in [0.25, 0.3) is 5.91 Å². The van der Waals surface area contributed by atoms with Crippen LogP contribution in [0.15, 0.2) is 75.5 Å². The van der Waals surface area contributed by atoms with Crippen LogP contribution in [0.4, 0.5) is 13.2 Å². The highest BCUT2D eigenvalue weighted by atomic mass is 19.4. The van der Waals surface area contributed by atoms with Crippen molar-refractivity contribution in [2.24, 2.45) is 10.2 Å². The van der Waals surface area contributed by atoms with Gasteiger partial charge in [0.05, 0.1) is 11.0 Å². The molecule has 0 aliphatic carbocycles. The molecule has 5 rings (SSSR count). The second kappa shape index (κ2) is 7.76. The van der Waals surface area contributed by atoms with Crippen LogP contribution in [0.3, 0.4) is 0 Å². The van der Waals surface area contributed by atoms with Crippen LogP contribution in [0.5, 0.6) is 0 Å². The highest BCUT2D eigenvalue weighted by Gasteiger charge is 2.57. The minimum atomic E-state index is -4.71. The standard InChI is InChI=1S/C26H26F3N5O/c1-5-25(16-8-6-7-15(11-16)17-9-10-30-13-14(17)2)19-18(12-24(3,4)32-23(19)35)31-22-20(25)21(33-34-22)26(27,28)29/h6-11,13,22,31H,5,12H2,1-4H3,(H,32,35)/t22?,25-/m1/s1. The number of hydrogen-bond acceptors (Lipinski definition) is 5. The molecule has 0 saturated heterocycles. The predicted molar refractivity (Wildman–Crippen MR) is 125 cm³/mol. The predicted octanol–water partition coefficient (Wildman–Crippen LogP) is 5.47. The number of azo groups is 1. The number of alkyl halides is 3. The van der Waals surface area contributed by atoms with E-state index < -0.39 is 29.0 Å². The molecule has 1 aromatic carbocycles. The Hall–Kier alpha value is -3.49. The molecule has 0 radical (unpaired) electrons. The van der Waals surface area contributed by atoms with Gasteiger partial charge in [0, 0.05) is 35.6 Å². The Labute approximate surface area is 201 Å². The van der Waals surface area contributed by atoms with Crippen LogP contribution < -0.4 is 10.6 Å². The summed E-state index contributed by atoms with van der Waals surface area (Å²) in [7, 11) is 0. The molecule has 2 aromatic rings. The lowest BCUT2D eigenvalue weighted by Crippen LogP contribution is -2.58. The number of rotatable bonds is 3. The Bertz CT molecular complexity index is 1320. The summed E-state index contributed by atoms with van der Waals surface area (Å²) in [4.78, 5) is 17.7. The van der Waals surface area contributed by atoms with Crippen LogP contribution in [0.25, 0.3) is 11.1 Å². The van der Waals surface area contributed by atoms with E-state index in [1.54, 1.807) is 18.5 Å². The normalized spacial score (nSPS) is 25.2. The smallest absolute Gasteiger partial charge is 0.362 e. The summed E-state index contributed by atoms with van der Waals surface area (Å²) >= 11 is 0. The fourth-order valence-electron chi connectivity index (χ4n) is 5.68. The zero-order chi connectivity index (χ0) is 25.2. The van der Waals surface area contributed by atoms with Crippen LogP contribution >= 0.6 is 0 Å². The number of carbonyl (C=O) groups excluding carboxylic acids is 1. The van der Waals surface area contributed by atoms with Crippen molar-refractivity contribution in [1.82, 2.24) is 15.6 Å². The van der Waals surface area contributed by atoms with Crippen LogP contribution in [0.2, 0.25) is 0 Å². The first-order valence-corrected chi connectivity index (χ1v) is 11.5. The van der Waals surface area contributed by atoms with Crippen LogP contribution in [0, 0.1) is 6.92 Å². The van der Waals surface area contributed by atoms with E-state index in [1.165, 1.54) is 0 Å². The third-order valence-corrected chi connectivity index (χ3v) is 7.08. The maximum absolute atomic E-state index is 14.2. The number of aryl methyl sites for hydroxylation is 1. The largest absolute Gasteiger partial charge is 0.435 e. The minimum absolute atomic E-state index is 0.0234. The molecule has 3 aliphatic rings. The Morgan fingerprint density at radius 1 is 1.20 bits per heavy atom. The molecule has 9 heteroatoms. The number of amides is 1. The van der Waals surface area contributed by atoms with Crippen molar-refractivity contribution in [3.63, 3.8) is 0 Å². The molecule has 0 saturated carbocycles. The Morgan fingerprint density at radius 3 is 2.66 bits per heavy atom. The molecule has 1 aromatic heterocycles. The average molecular weight is 482 g/mol. The molecule has 1 amide bonds. The molecule has 3 aliphatic heterocycles. The topological polar surface area (TPSA) is 78.7 Å². The van der Waals surface area contributed by atoms with E-state index in [9.17, 15) is 18.0 Å². The van der Waals surface area contributed by atoms with E-state index >= 15 is 0 Å². The molecule has 182 valence electrons. The van der Waals surface area contributed by atoms with Crippen molar-refractivity contribution < 1.29 is 18.0 Å². The van der Waals surface area contributed by atoms with Gasteiger partial charge in [-0.05, 0) is 61.6 Å². The first-order valence-electron chi connectivity index (χ1n) is 11.5. The van der Waals surface area contributed by atoms with Crippen LogP contribution in [-0.2, 0) is 10.2 Å². The first-order chi connectivity index (χ1) is 16.5. The third kappa shape index (κ3) is 3.56. The molecule has 2 atom stereocenters. The molecule has 35 heavy (non-hydrogen) atoms. The zero-order valence-corrected chi connectivity index (χ0v) is 19.9. The first kappa shape index (κ1) is 23.3. The van der Waals surface area contributed by atoms with Crippen LogP contribution in [0.1, 0.15) is 44.7 Å². The average Bonchev–Trinajstić information content (AvgIpc) is 3.22. The summed E-state index contributed by atoms with van der Waals surface area (Å²) in [5.74, 6) is -0.379. The number of allylic oxidation sites excluding steroid dienone is 1. The van der Waals surface area contributed by atoms with Gasteiger partial charge in [0.1, 0.15) is 0 Å². The number of aromatic nitrogens is 1. The van der Waals surface area contributed by atoms with Gasteiger partial charge in [-0.2, -0.15) is 18.3 Å². The number of benzene rings is 1. The van der Waals surface area contributed by atoms with E-state index in [1.807, 2.05) is 52.0 Å². The van der Waals surface area contributed by atoms with Crippen molar-refractivity contribution >= 4 is 5.91 Å². The van der Waals surface area contributed by atoms with Gasteiger partial charge in [-0.15, -0.1) is 5.11 Å². The molecule has 1 unspecified atom stereocenters. The summed E-state index contributed by atoms with van der Waals surface area (Å²) in [6.45, 7) is 7.52. The van der Waals surface area contributed by atoms with E-state index in [0.717, 1.165) is 16.7 Å². The molecule has 0 spiro atoms. The van der Waals surface area contributed by atoms with E-state index in [0.29, 0.717) is 23.3 Å². The molecule has 0 fully saturated rings. The monoisotopic (exact) mass is 481 g/mol. The number of pyridine rings is 1. The molecule has 2 N–H and O–H groups in total. The number of carbonyl (C=O) groups is 1. The molecule has 0 bridgehead atoms. The SMILES string of the molecule is CC[C@@]1(c2cccc(-c3ccncc3C)c2)C2=C(CC(C)(C)NC2=O)NC2N=NC(C(F)(F)F)=C21. The van der Waals surface area contributed by atoms with Gasteiger partial charge >= 0.3 is 6.18 Å². The molecular formula is C26H26F3N5O. The lowest BCUT2D eigenvalue weighted by molar-refractivity contribution is -0.120. The van der Waals surface area contributed by atoms with Gasteiger partial charge in [-0.1, -0.05) is 25.1 Å². The summed E-state index contributed by atoms with van der Waals surface area (Å²) in [6.07, 6.45) is -1.60. The van der Waals surface area contributed by atoms with Crippen molar-refractivity contribution in [3.8, 4) is 11.1 Å². The van der Waals surface area contributed by atoms with E-state index in [-0.39, 0.29) is 17.9 Å². The number of hydrogen-bond donors (Lipinski definition) is 2. The third-order valence-electron chi connectivity index (χ3n) is 7.08. The second-order valence-corrected chi connectivity index (χ2v) is 9.92. The van der Waals surface area contributed by atoms with Gasteiger partial charge < -0.3 is 10.6 Å². The van der Waals surface area contributed by atoms with E-state index in [4.69, 9.17) is 0 Å². The number of nitrogens with one attached hydrogen (secondary N) is 2. The van der Waals surface area contributed by atoms with Gasteiger partial charge in [0.15, 0.2) is 11.9 Å². The van der Waals surface area contributed by atoms with Crippen molar-refractivity contribution in [1.29, 1.82) is 0 Å². The summed E-state index contributed by atoms with van der Waals surface area (Å²) in [5, 5.41) is 13.7. The maximum Gasteiger partial charge on any atom is 0.435 e. The number of halogens is 3. The Balaban J connectivity index is 1.83. The van der Waals surface area contributed by atoms with Crippen LogP contribution in [-0.4, -0.2) is 28.8 Å². The van der Waals surface area contributed by atoms with Gasteiger partial charge in [-0.25, -0.2) is 0 Å². The Morgan fingerprint density at radius 2 is 1.97 bits per heavy atom. The van der Waals surface area contributed by atoms with Crippen molar-refractivity contribution in [2.75, 3.05) is 0 Å². The van der Waals surface area contributed by atoms with Gasteiger partial charge in [-0.3, -0.25) is 9.78 Å². The number of nitrogens with zero attached hydrogens (tertiary/aromatic N) is 3. The summed E-state index contributed by atoms with van der Waals surface area (Å²) < 4.78 is 42.6. The van der Waals surface area contributed by atoms with Crippen molar-refractivity contribution in [2.45, 2.75) is 63.8 Å². The molecule has 6 nitrogen and oxygen atoms in total.